The molecule has 5 aromatic rings. The van der Waals surface area contributed by atoms with E-state index < -0.39 is 0 Å². The molecule has 0 amide bonds. The second kappa shape index (κ2) is 10.1. The van der Waals surface area contributed by atoms with Gasteiger partial charge in [0.1, 0.15) is 0 Å². The molecule has 188 valence electrons. The molecule has 1 aliphatic heterocycles. The van der Waals surface area contributed by atoms with Crippen molar-refractivity contribution in [3.05, 3.63) is 118 Å². The van der Waals surface area contributed by atoms with Gasteiger partial charge in [-0.2, -0.15) is 5.10 Å². The van der Waals surface area contributed by atoms with E-state index in [0.29, 0.717) is 22.4 Å². The van der Waals surface area contributed by atoms with E-state index in [2.05, 4.69) is 41.3 Å². The van der Waals surface area contributed by atoms with Gasteiger partial charge in [0.15, 0.2) is 0 Å². The molecule has 38 heavy (non-hydrogen) atoms. The number of anilines is 2. The largest absolute Gasteiger partial charge is 0.378 e. The maximum Gasteiger partial charge on any atom is 0.247 e. The topological polar surface area (TPSA) is 44.6 Å². The maximum absolute atomic E-state index is 6.38. The lowest BCUT2D eigenvalue weighted by molar-refractivity contribution is 0.689. The summed E-state index contributed by atoms with van der Waals surface area (Å²) in [6, 6.07) is 32.2. The molecule has 0 radical (unpaired) electrons. The first kappa shape index (κ1) is 24.4. The van der Waals surface area contributed by atoms with Crippen molar-refractivity contribution in [2.75, 3.05) is 24.0 Å². The number of fused-ring (bicyclic) bond motifs is 1. The second-order valence-corrected chi connectivity index (χ2v) is 10.4. The zero-order valence-electron chi connectivity index (χ0n) is 21.0. The van der Waals surface area contributed by atoms with Gasteiger partial charge in [0, 0.05) is 47.2 Å². The minimum absolute atomic E-state index is 0.0646. The molecule has 4 aromatic carbocycles. The van der Waals surface area contributed by atoms with Crippen LogP contribution in [0, 0.1) is 0 Å². The molecule has 0 saturated heterocycles. The molecular formula is C31H25Cl2N5. The molecule has 1 aromatic heterocycles. The summed E-state index contributed by atoms with van der Waals surface area (Å²) in [4.78, 5) is 12.1. The highest BCUT2D eigenvalue weighted by molar-refractivity contribution is 6.31. The first-order valence-electron chi connectivity index (χ1n) is 12.4. The third-order valence-electron chi connectivity index (χ3n) is 6.78. The number of rotatable bonds is 5. The Hall–Kier alpha value is -3.93. The van der Waals surface area contributed by atoms with E-state index in [9.17, 15) is 0 Å². The molecular weight excluding hydrogens is 513 g/mol. The lowest BCUT2D eigenvalue weighted by Gasteiger charge is -2.23. The van der Waals surface area contributed by atoms with Crippen LogP contribution >= 0.6 is 23.2 Å². The molecule has 0 fully saturated rings. The summed E-state index contributed by atoms with van der Waals surface area (Å²) in [6.45, 7) is 0. The van der Waals surface area contributed by atoms with Gasteiger partial charge in [-0.15, -0.1) is 0 Å². The highest BCUT2D eigenvalue weighted by atomic mass is 35.5. The SMILES string of the molecule is CN(C)c1ccc([C@@H]2CC(c3ccc(Cl)cc3)=NN2c2nc(-c3ccccc3)c3cc(Cl)ccc3n2)cc1. The Kier molecular flexibility index (Phi) is 6.48. The standard InChI is InChI=1S/C31H25Cl2N5/c1-37(2)25-15-10-21(11-16-25)29-19-28(20-8-12-23(32)13-9-20)36-38(29)31-34-27-17-14-24(33)18-26(27)30(35-31)22-6-4-3-5-7-22/h3-18,29H,19H2,1-2H3/t29-/m0/s1. The van der Waals surface area contributed by atoms with Gasteiger partial charge < -0.3 is 4.90 Å². The normalized spacial score (nSPS) is 15.1. The van der Waals surface area contributed by atoms with Crippen LogP contribution < -0.4 is 9.91 Å². The lowest BCUT2D eigenvalue weighted by Crippen LogP contribution is -2.21. The molecule has 6 rings (SSSR count). The minimum Gasteiger partial charge on any atom is -0.378 e. The molecule has 7 heteroatoms. The van der Waals surface area contributed by atoms with Gasteiger partial charge in [0.2, 0.25) is 5.95 Å². The summed E-state index contributed by atoms with van der Waals surface area (Å²) in [7, 11) is 4.08. The average molecular weight is 538 g/mol. The van der Waals surface area contributed by atoms with Crippen molar-refractivity contribution < 1.29 is 0 Å². The first-order valence-corrected chi connectivity index (χ1v) is 13.1. The average Bonchev–Trinajstić information content (AvgIpc) is 3.39. The molecule has 0 N–H and O–H groups in total. The van der Waals surface area contributed by atoms with Crippen molar-refractivity contribution in [2.24, 2.45) is 5.10 Å². The summed E-state index contributed by atoms with van der Waals surface area (Å²) in [5, 5.41) is 9.28. The Morgan fingerprint density at radius 3 is 2.18 bits per heavy atom. The van der Waals surface area contributed by atoms with Crippen molar-refractivity contribution in [1.82, 2.24) is 9.97 Å². The van der Waals surface area contributed by atoms with Gasteiger partial charge in [-0.1, -0.05) is 77.8 Å². The number of hydrazone groups is 1. The van der Waals surface area contributed by atoms with Crippen molar-refractivity contribution >= 4 is 51.5 Å². The number of benzene rings is 4. The molecule has 0 bridgehead atoms. The van der Waals surface area contributed by atoms with Crippen LogP contribution in [0.3, 0.4) is 0 Å². The summed E-state index contributed by atoms with van der Waals surface area (Å²) >= 11 is 12.5. The zero-order valence-corrected chi connectivity index (χ0v) is 22.5. The molecule has 5 nitrogen and oxygen atoms in total. The Balaban J connectivity index is 1.51. The number of nitrogens with zero attached hydrogens (tertiary/aromatic N) is 5. The quantitative estimate of drug-likeness (QED) is 0.227. The fraction of sp³-hybridized carbons (Fsp3) is 0.129. The van der Waals surface area contributed by atoms with Gasteiger partial charge in [0.25, 0.3) is 0 Å². The molecule has 0 aliphatic carbocycles. The predicted octanol–water partition coefficient (Wildman–Crippen LogP) is 8.03. The number of hydrogen-bond donors (Lipinski definition) is 0. The van der Waals surface area contributed by atoms with Gasteiger partial charge in [-0.05, 0) is 53.6 Å². The van der Waals surface area contributed by atoms with Crippen LogP contribution in [-0.2, 0) is 0 Å². The predicted molar refractivity (Wildman–Crippen MR) is 159 cm³/mol. The monoisotopic (exact) mass is 537 g/mol. The zero-order chi connectivity index (χ0) is 26.2. The van der Waals surface area contributed by atoms with E-state index in [0.717, 1.165) is 44.7 Å². The van der Waals surface area contributed by atoms with Crippen LogP contribution in [0.25, 0.3) is 22.2 Å². The fourth-order valence-electron chi connectivity index (χ4n) is 4.77. The molecule has 0 spiro atoms. The molecule has 1 atom stereocenters. The van der Waals surface area contributed by atoms with Crippen LogP contribution in [0.1, 0.15) is 23.6 Å². The summed E-state index contributed by atoms with van der Waals surface area (Å²) in [5.41, 5.74) is 6.91. The summed E-state index contributed by atoms with van der Waals surface area (Å²) in [6.07, 6.45) is 0.714. The Morgan fingerprint density at radius 2 is 1.47 bits per heavy atom. The van der Waals surface area contributed by atoms with Gasteiger partial charge in [-0.3, -0.25) is 0 Å². The summed E-state index contributed by atoms with van der Waals surface area (Å²) < 4.78 is 0. The van der Waals surface area contributed by atoms with Gasteiger partial charge >= 0.3 is 0 Å². The maximum atomic E-state index is 6.38. The molecule has 1 aliphatic rings. The first-order chi connectivity index (χ1) is 18.5. The van der Waals surface area contributed by atoms with E-state index >= 15 is 0 Å². The van der Waals surface area contributed by atoms with Gasteiger partial charge in [-0.25, -0.2) is 15.0 Å². The lowest BCUT2D eigenvalue weighted by atomic mass is 9.98. The van der Waals surface area contributed by atoms with Crippen LogP contribution in [0.4, 0.5) is 11.6 Å². The van der Waals surface area contributed by atoms with Crippen molar-refractivity contribution in [2.45, 2.75) is 12.5 Å². The Labute approximate surface area is 232 Å². The smallest absolute Gasteiger partial charge is 0.247 e. The second-order valence-electron chi connectivity index (χ2n) is 9.50. The van der Waals surface area contributed by atoms with Crippen LogP contribution in [0.2, 0.25) is 10.0 Å². The molecule has 0 saturated carbocycles. The van der Waals surface area contributed by atoms with Crippen LogP contribution in [-0.4, -0.2) is 29.8 Å². The van der Waals surface area contributed by atoms with E-state index in [-0.39, 0.29) is 6.04 Å². The van der Waals surface area contributed by atoms with Crippen LogP contribution in [0.15, 0.2) is 102 Å². The van der Waals surface area contributed by atoms with E-state index in [1.807, 2.05) is 79.8 Å². The highest BCUT2D eigenvalue weighted by Gasteiger charge is 2.32. The Morgan fingerprint density at radius 1 is 0.763 bits per heavy atom. The summed E-state index contributed by atoms with van der Waals surface area (Å²) in [5.74, 6) is 0.546. The molecule has 0 unspecified atom stereocenters. The van der Waals surface area contributed by atoms with Crippen molar-refractivity contribution in [3.63, 3.8) is 0 Å². The number of halogens is 2. The van der Waals surface area contributed by atoms with Crippen LogP contribution in [0.5, 0.6) is 0 Å². The minimum atomic E-state index is -0.0646. The van der Waals surface area contributed by atoms with E-state index in [4.69, 9.17) is 38.3 Å². The third kappa shape index (κ3) is 4.71. The third-order valence-corrected chi connectivity index (χ3v) is 7.27. The Bertz CT molecular complexity index is 1630. The fourth-order valence-corrected chi connectivity index (χ4v) is 5.07. The van der Waals surface area contributed by atoms with E-state index in [1.165, 1.54) is 0 Å². The molecule has 2 heterocycles. The number of hydrogen-bond acceptors (Lipinski definition) is 5. The van der Waals surface area contributed by atoms with Gasteiger partial charge in [0.05, 0.1) is 23.0 Å². The van der Waals surface area contributed by atoms with E-state index in [1.54, 1.807) is 0 Å². The highest BCUT2D eigenvalue weighted by Crippen LogP contribution is 2.38. The van der Waals surface area contributed by atoms with Crippen molar-refractivity contribution in [3.8, 4) is 11.3 Å². The number of aromatic nitrogens is 2. The van der Waals surface area contributed by atoms with Crippen molar-refractivity contribution in [1.29, 1.82) is 0 Å².